The highest BCUT2D eigenvalue weighted by molar-refractivity contribution is 7.92. The van der Waals surface area contributed by atoms with Gasteiger partial charge in [-0.1, -0.05) is 41.9 Å². The Morgan fingerprint density at radius 1 is 1.04 bits per heavy atom. The van der Waals surface area contributed by atoms with Crippen LogP contribution in [0.3, 0.4) is 0 Å². The van der Waals surface area contributed by atoms with Crippen molar-refractivity contribution >= 4 is 33.2 Å². The molecule has 1 N–H and O–H groups in total. The molecule has 2 atom stereocenters. The van der Waals surface area contributed by atoms with Gasteiger partial charge < -0.3 is 5.32 Å². The molecule has 5 nitrogen and oxygen atoms in total. The average molecular weight is 381 g/mol. The zero-order chi connectivity index (χ0) is 18.6. The first-order chi connectivity index (χ1) is 11.7. The van der Waals surface area contributed by atoms with Crippen molar-refractivity contribution in [3.63, 3.8) is 0 Å². The fourth-order valence-corrected chi connectivity index (χ4v) is 3.86. The summed E-state index contributed by atoms with van der Waals surface area (Å²) in [5.74, 6) is -0.378. The van der Waals surface area contributed by atoms with Gasteiger partial charge in [-0.25, -0.2) is 8.42 Å². The standard InChI is InChI=1S/C18H21ClN2O3S/c1-13(15-7-5-4-6-8-15)20-18(22)14(2)21(25(3,23)24)17-11-9-16(19)10-12-17/h4-14H,1-3H3,(H,20,22). The third-order valence-corrected chi connectivity index (χ3v) is 5.32. The molecular formula is C18H21ClN2O3S. The zero-order valence-electron chi connectivity index (χ0n) is 14.3. The number of benzene rings is 2. The van der Waals surface area contributed by atoms with E-state index in [0.29, 0.717) is 10.7 Å². The smallest absolute Gasteiger partial charge is 0.244 e. The molecule has 0 heterocycles. The SMILES string of the molecule is CC(NC(=O)C(C)N(c1ccc(Cl)cc1)S(C)(=O)=O)c1ccccc1. The van der Waals surface area contributed by atoms with Crippen LogP contribution in [0.15, 0.2) is 54.6 Å². The second kappa shape index (κ2) is 7.89. The van der Waals surface area contributed by atoms with Gasteiger partial charge in [0.25, 0.3) is 0 Å². The summed E-state index contributed by atoms with van der Waals surface area (Å²) in [6.45, 7) is 3.41. The van der Waals surface area contributed by atoms with Gasteiger partial charge in [-0.15, -0.1) is 0 Å². The van der Waals surface area contributed by atoms with Gasteiger partial charge in [-0.3, -0.25) is 9.10 Å². The predicted molar refractivity (Wildman–Crippen MR) is 101 cm³/mol. The number of hydrogen-bond donors (Lipinski definition) is 1. The van der Waals surface area contributed by atoms with Crippen LogP contribution in [0.1, 0.15) is 25.5 Å². The number of sulfonamides is 1. The quantitative estimate of drug-likeness (QED) is 0.835. The number of nitrogens with one attached hydrogen (secondary N) is 1. The van der Waals surface area contributed by atoms with Crippen LogP contribution < -0.4 is 9.62 Å². The van der Waals surface area contributed by atoms with E-state index >= 15 is 0 Å². The Morgan fingerprint density at radius 3 is 2.12 bits per heavy atom. The Hall–Kier alpha value is -2.05. The van der Waals surface area contributed by atoms with Crippen LogP contribution in [0, 0.1) is 0 Å². The van der Waals surface area contributed by atoms with Crippen molar-refractivity contribution in [2.75, 3.05) is 10.6 Å². The molecule has 0 radical (unpaired) electrons. The first-order valence-electron chi connectivity index (χ1n) is 7.80. The summed E-state index contributed by atoms with van der Waals surface area (Å²) < 4.78 is 25.6. The van der Waals surface area contributed by atoms with E-state index in [2.05, 4.69) is 5.32 Å². The molecule has 0 aliphatic heterocycles. The summed E-state index contributed by atoms with van der Waals surface area (Å²) in [5.41, 5.74) is 1.34. The summed E-state index contributed by atoms with van der Waals surface area (Å²) in [4.78, 5) is 12.6. The molecule has 0 fully saturated rings. The number of rotatable bonds is 6. The van der Waals surface area contributed by atoms with Crippen molar-refractivity contribution in [3.8, 4) is 0 Å². The number of halogens is 1. The van der Waals surface area contributed by atoms with Crippen LogP contribution in [-0.2, 0) is 14.8 Å². The third-order valence-electron chi connectivity index (χ3n) is 3.83. The highest BCUT2D eigenvalue weighted by Crippen LogP contribution is 2.23. The van der Waals surface area contributed by atoms with Crippen LogP contribution in [0.2, 0.25) is 5.02 Å². The molecule has 0 bridgehead atoms. The molecule has 134 valence electrons. The van der Waals surface area contributed by atoms with E-state index in [-0.39, 0.29) is 11.9 Å². The summed E-state index contributed by atoms with van der Waals surface area (Å²) in [5, 5.41) is 3.35. The lowest BCUT2D eigenvalue weighted by Crippen LogP contribution is -2.48. The maximum absolute atomic E-state index is 12.6. The molecule has 25 heavy (non-hydrogen) atoms. The number of carbonyl (C=O) groups excluding carboxylic acids is 1. The van der Waals surface area contributed by atoms with E-state index < -0.39 is 16.1 Å². The molecule has 0 aromatic heterocycles. The number of carbonyl (C=O) groups is 1. The highest BCUT2D eigenvalue weighted by Gasteiger charge is 2.29. The molecule has 2 aromatic carbocycles. The zero-order valence-corrected chi connectivity index (χ0v) is 15.9. The van der Waals surface area contributed by atoms with Crippen LogP contribution in [0.4, 0.5) is 5.69 Å². The average Bonchev–Trinajstić information content (AvgIpc) is 2.56. The first-order valence-corrected chi connectivity index (χ1v) is 10.0. The van der Waals surface area contributed by atoms with E-state index in [1.807, 2.05) is 37.3 Å². The Morgan fingerprint density at radius 2 is 1.60 bits per heavy atom. The van der Waals surface area contributed by atoms with Gasteiger partial charge in [0.1, 0.15) is 6.04 Å². The molecule has 2 rings (SSSR count). The fraction of sp³-hybridized carbons (Fsp3) is 0.278. The van der Waals surface area contributed by atoms with Crippen molar-refractivity contribution in [3.05, 3.63) is 65.2 Å². The molecule has 1 amide bonds. The van der Waals surface area contributed by atoms with Crippen molar-refractivity contribution in [1.82, 2.24) is 5.32 Å². The van der Waals surface area contributed by atoms with Crippen molar-refractivity contribution in [2.45, 2.75) is 25.9 Å². The van der Waals surface area contributed by atoms with Gasteiger partial charge in [0.2, 0.25) is 15.9 Å². The van der Waals surface area contributed by atoms with E-state index in [1.165, 1.54) is 0 Å². The summed E-state index contributed by atoms with van der Waals surface area (Å²) >= 11 is 5.86. The van der Waals surface area contributed by atoms with Gasteiger partial charge in [0.15, 0.2) is 0 Å². The highest BCUT2D eigenvalue weighted by atomic mass is 35.5. The van der Waals surface area contributed by atoms with E-state index in [9.17, 15) is 13.2 Å². The van der Waals surface area contributed by atoms with Crippen LogP contribution in [-0.4, -0.2) is 26.6 Å². The minimum absolute atomic E-state index is 0.234. The van der Waals surface area contributed by atoms with E-state index in [1.54, 1.807) is 31.2 Å². The monoisotopic (exact) mass is 380 g/mol. The van der Waals surface area contributed by atoms with Crippen molar-refractivity contribution in [1.29, 1.82) is 0 Å². The molecule has 0 aliphatic rings. The lowest BCUT2D eigenvalue weighted by atomic mass is 10.1. The number of hydrogen-bond acceptors (Lipinski definition) is 3. The molecule has 0 saturated carbocycles. The van der Waals surface area contributed by atoms with Crippen molar-refractivity contribution in [2.24, 2.45) is 0 Å². The minimum Gasteiger partial charge on any atom is -0.348 e. The van der Waals surface area contributed by atoms with Gasteiger partial charge in [0.05, 0.1) is 18.0 Å². The van der Waals surface area contributed by atoms with E-state index in [4.69, 9.17) is 11.6 Å². The third kappa shape index (κ3) is 4.96. The minimum atomic E-state index is -3.65. The summed E-state index contributed by atoms with van der Waals surface area (Å²) in [7, 11) is -3.65. The lowest BCUT2D eigenvalue weighted by Gasteiger charge is -2.29. The topological polar surface area (TPSA) is 66.5 Å². The first kappa shape index (κ1) is 19.3. The van der Waals surface area contributed by atoms with Gasteiger partial charge >= 0.3 is 0 Å². The van der Waals surface area contributed by atoms with Gasteiger partial charge in [0, 0.05) is 5.02 Å². The number of amides is 1. The number of nitrogens with zero attached hydrogens (tertiary/aromatic N) is 1. The van der Waals surface area contributed by atoms with Crippen LogP contribution in [0.5, 0.6) is 0 Å². The van der Waals surface area contributed by atoms with Crippen molar-refractivity contribution < 1.29 is 13.2 Å². The largest absolute Gasteiger partial charge is 0.348 e. The molecule has 2 unspecified atom stereocenters. The Bertz CT molecular complexity index is 823. The molecular weight excluding hydrogens is 360 g/mol. The Balaban J connectivity index is 2.23. The molecule has 0 aliphatic carbocycles. The molecule has 0 spiro atoms. The Labute approximate surface area is 153 Å². The number of anilines is 1. The predicted octanol–water partition coefficient (Wildman–Crippen LogP) is 3.37. The summed E-state index contributed by atoms with van der Waals surface area (Å²) in [6.07, 6.45) is 1.08. The summed E-state index contributed by atoms with van der Waals surface area (Å²) in [6, 6.07) is 14.7. The Kier molecular flexibility index (Phi) is 6.08. The second-order valence-electron chi connectivity index (χ2n) is 5.85. The lowest BCUT2D eigenvalue weighted by molar-refractivity contribution is -0.122. The second-order valence-corrected chi connectivity index (χ2v) is 8.15. The molecule has 7 heteroatoms. The maximum Gasteiger partial charge on any atom is 0.244 e. The van der Waals surface area contributed by atoms with Gasteiger partial charge in [-0.2, -0.15) is 0 Å². The maximum atomic E-state index is 12.6. The van der Waals surface area contributed by atoms with Gasteiger partial charge in [-0.05, 0) is 43.7 Å². The normalized spacial score (nSPS) is 13.8. The molecule has 0 saturated heterocycles. The van der Waals surface area contributed by atoms with Crippen LogP contribution in [0.25, 0.3) is 0 Å². The van der Waals surface area contributed by atoms with Crippen LogP contribution >= 0.6 is 11.6 Å². The van der Waals surface area contributed by atoms with E-state index in [0.717, 1.165) is 16.1 Å². The molecule has 2 aromatic rings. The fourth-order valence-electron chi connectivity index (χ4n) is 2.56.